The maximum atomic E-state index is 13.7. The molecule has 0 radical (unpaired) electrons. The van der Waals surface area contributed by atoms with Crippen molar-refractivity contribution in [1.82, 2.24) is 14.5 Å². The molecule has 0 unspecified atom stereocenters. The zero-order valence-corrected chi connectivity index (χ0v) is 21.3. The van der Waals surface area contributed by atoms with E-state index in [1.54, 1.807) is 12.3 Å². The standard InChI is InChI=1S/C29H29FN4O5/c30-22-8-4-7-21(15-22)27(35)33-29-32-24-17-31-26(39-14-13-38-18-19-5-2-1-3-6-19)16-25(24)34(29)23-11-9-20(10-12-23)28(36)37/h1-8,15-17,20,23H,9-14,18H2,(H,36,37)(H,32,33,35). The van der Waals surface area contributed by atoms with Gasteiger partial charge in [0.1, 0.15) is 12.4 Å². The number of ether oxygens (including phenoxy) is 2. The summed E-state index contributed by atoms with van der Waals surface area (Å²) in [5.41, 5.74) is 2.88. The molecule has 0 bridgehead atoms. The van der Waals surface area contributed by atoms with Gasteiger partial charge in [-0.3, -0.25) is 9.59 Å². The van der Waals surface area contributed by atoms with E-state index in [2.05, 4.69) is 15.0 Å². The van der Waals surface area contributed by atoms with Gasteiger partial charge in [-0.25, -0.2) is 9.37 Å². The second-order valence-corrected chi connectivity index (χ2v) is 9.52. The molecule has 0 saturated heterocycles. The molecule has 1 aliphatic carbocycles. The number of halogens is 1. The number of pyridine rings is 1. The van der Waals surface area contributed by atoms with Crippen LogP contribution >= 0.6 is 0 Å². The van der Waals surface area contributed by atoms with Crippen molar-refractivity contribution >= 4 is 22.9 Å². The molecule has 0 spiro atoms. The van der Waals surface area contributed by atoms with Crippen LogP contribution in [-0.2, 0) is 16.1 Å². The molecular formula is C29H29FN4O5. The van der Waals surface area contributed by atoms with Crippen molar-refractivity contribution in [1.29, 1.82) is 0 Å². The number of carbonyl (C=O) groups excluding carboxylic acids is 1. The van der Waals surface area contributed by atoms with Crippen molar-refractivity contribution in [3.63, 3.8) is 0 Å². The molecular weight excluding hydrogens is 503 g/mol. The monoisotopic (exact) mass is 532 g/mol. The minimum absolute atomic E-state index is 0.0853. The molecule has 1 fully saturated rings. The van der Waals surface area contributed by atoms with E-state index in [1.807, 2.05) is 34.9 Å². The Hall–Kier alpha value is -4.31. The van der Waals surface area contributed by atoms with Gasteiger partial charge in [0.05, 0.1) is 36.4 Å². The van der Waals surface area contributed by atoms with Crippen LogP contribution in [0.5, 0.6) is 5.88 Å². The van der Waals surface area contributed by atoms with E-state index in [9.17, 15) is 19.1 Å². The molecule has 1 amide bonds. The molecule has 2 aromatic heterocycles. The van der Waals surface area contributed by atoms with E-state index < -0.39 is 23.6 Å². The second kappa shape index (κ2) is 12.0. The second-order valence-electron chi connectivity index (χ2n) is 9.52. The first-order valence-corrected chi connectivity index (χ1v) is 12.9. The number of hydrogen-bond donors (Lipinski definition) is 2. The van der Waals surface area contributed by atoms with Crippen LogP contribution in [0.1, 0.15) is 47.6 Å². The van der Waals surface area contributed by atoms with E-state index in [4.69, 9.17) is 9.47 Å². The molecule has 39 heavy (non-hydrogen) atoms. The summed E-state index contributed by atoms with van der Waals surface area (Å²) >= 11 is 0. The van der Waals surface area contributed by atoms with Crippen molar-refractivity contribution < 1.29 is 28.6 Å². The fourth-order valence-electron chi connectivity index (χ4n) is 4.88. The van der Waals surface area contributed by atoms with E-state index in [0.29, 0.717) is 62.5 Å². The number of carboxylic acid groups (broad SMARTS) is 1. The Morgan fingerprint density at radius 2 is 1.85 bits per heavy atom. The Morgan fingerprint density at radius 1 is 1.05 bits per heavy atom. The van der Waals surface area contributed by atoms with Gasteiger partial charge in [0.25, 0.3) is 5.91 Å². The number of aromatic amines is 1. The average molecular weight is 533 g/mol. The molecule has 1 aliphatic rings. The van der Waals surface area contributed by atoms with Gasteiger partial charge >= 0.3 is 5.97 Å². The summed E-state index contributed by atoms with van der Waals surface area (Å²) in [5.74, 6) is -1.91. The molecule has 202 valence electrons. The third kappa shape index (κ3) is 6.40. The number of amides is 1. The number of carbonyl (C=O) groups is 2. The number of aliphatic carboxylic acids is 1. The quantitative estimate of drug-likeness (QED) is 0.303. The molecule has 9 nitrogen and oxygen atoms in total. The van der Waals surface area contributed by atoms with Crippen LogP contribution in [-0.4, -0.2) is 44.7 Å². The lowest BCUT2D eigenvalue weighted by atomic mass is 9.86. The highest BCUT2D eigenvalue weighted by molar-refractivity contribution is 5.95. The van der Waals surface area contributed by atoms with Gasteiger partial charge in [0, 0.05) is 17.7 Å². The predicted molar refractivity (Wildman–Crippen MR) is 141 cm³/mol. The molecule has 2 aromatic carbocycles. The Balaban J connectivity index is 1.39. The highest BCUT2D eigenvalue weighted by Gasteiger charge is 2.28. The SMILES string of the molecule is O=C(/N=c1\[nH]c2cnc(OCCOCc3ccccc3)cc2n1C1CCC(C(=O)O)CC1)c1cccc(F)c1. The van der Waals surface area contributed by atoms with Crippen LogP contribution in [0.2, 0.25) is 0 Å². The maximum absolute atomic E-state index is 13.7. The van der Waals surface area contributed by atoms with E-state index in [1.165, 1.54) is 18.2 Å². The topological polar surface area (TPSA) is 119 Å². The number of benzene rings is 2. The number of hydrogen-bond acceptors (Lipinski definition) is 5. The smallest absolute Gasteiger partial charge is 0.306 e. The van der Waals surface area contributed by atoms with Gasteiger partial charge in [-0.15, -0.1) is 0 Å². The lowest BCUT2D eigenvalue weighted by Gasteiger charge is -2.27. The molecule has 4 aromatic rings. The largest absolute Gasteiger partial charge is 0.481 e. The summed E-state index contributed by atoms with van der Waals surface area (Å²) in [6.07, 6.45) is 3.86. The fourth-order valence-corrected chi connectivity index (χ4v) is 4.88. The van der Waals surface area contributed by atoms with Crippen molar-refractivity contribution in [2.45, 2.75) is 38.3 Å². The summed E-state index contributed by atoms with van der Waals surface area (Å²) in [4.78, 5) is 36.2. The number of carboxylic acids is 1. The number of imidazole rings is 1. The number of H-pyrrole nitrogens is 1. The first-order chi connectivity index (χ1) is 19.0. The van der Waals surface area contributed by atoms with Crippen LogP contribution in [0.15, 0.2) is 71.9 Å². The van der Waals surface area contributed by atoms with Crippen LogP contribution < -0.4 is 10.4 Å². The van der Waals surface area contributed by atoms with Crippen molar-refractivity contribution in [2.24, 2.45) is 10.9 Å². The molecule has 1 saturated carbocycles. The molecule has 5 rings (SSSR count). The van der Waals surface area contributed by atoms with E-state index >= 15 is 0 Å². The van der Waals surface area contributed by atoms with Gasteiger partial charge in [-0.1, -0.05) is 36.4 Å². The maximum Gasteiger partial charge on any atom is 0.306 e. The lowest BCUT2D eigenvalue weighted by molar-refractivity contribution is -0.143. The van der Waals surface area contributed by atoms with Crippen molar-refractivity contribution in [2.75, 3.05) is 13.2 Å². The van der Waals surface area contributed by atoms with Crippen LogP contribution in [0.3, 0.4) is 0 Å². The molecule has 0 aliphatic heterocycles. The zero-order valence-electron chi connectivity index (χ0n) is 21.3. The van der Waals surface area contributed by atoms with Crippen molar-refractivity contribution in [3.8, 4) is 5.88 Å². The van der Waals surface area contributed by atoms with Gasteiger partial charge in [0.2, 0.25) is 11.5 Å². The number of rotatable bonds is 9. The molecule has 10 heteroatoms. The molecule has 0 atom stereocenters. The summed E-state index contributed by atoms with van der Waals surface area (Å²) in [6.45, 7) is 1.16. The number of nitrogens with one attached hydrogen (secondary N) is 1. The summed E-state index contributed by atoms with van der Waals surface area (Å²) < 4.78 is 27.1. The Kier molecular flexibility index (Phi) is 8.12. The van der Waals surface area contributed by atoms with Crippen molar-refractivity contribution in [3.05, 3.63) is 89.4 Å². The van der Waals surface area contributed by atoms with Crippen LogP contribution in [0, 0.1) is 11.7 Å². The summed E-state index contributed by atoms with van der Waals surface area (Å²) in [6, 6.07) is 16.9. The highest BCUT2D eigenvalue weighted by atomic mass is 19.1. The zero-order chi connectivity index (χ0) is 27.2. The fraction of sp³-hybridized carbons (Fsp3) is 0.310. The number of fused-ring (bicyclic) bond motifs is 1. The Morgan fingerprint density at radius 3 is 2.59 bits per heavy atom. The minimum atomic E-state index is -0.794. The van der Waals surface area contributed by atoms with E-state index in [-0.39, 0.29) is 11.6 Å². The average Bonchev–Trinajstić information content (AvgIpc) is 3.30. The third-order valence-corrected chi connectivity index (χ3v) is 6.87. The summed E-state index contributed by atoms with van der Waals surface area (Å²) in [5, 5.41) is 9.43. The normalized spacial score (nSPS) is 17.8. The van der Waals surface area contributed by atoms with Gasteiger partial charge in [0.15, 0.2) is 0 Å². The lowest BCUT2D eigenvalue weighted by Crippen LogP contribution is -2.30. The predicted octanol–water partition coefficient (Wildman–Crippen LogP) is 4.66. The van der Waals surface area contributed by atoms with Crippen LogP contribution in [0.25, 0.3) is 11.0 Å². The van der Waals surface area contributed by atoms with Gasteiger partial charge in [-0.05, 0) is 49.4 Å². The first-order valence-electron chi connectivity index (χ1n) is 12.9. The van der Waals surface area contributed by atoms with E-state index in [0.717, 1.165) is 17.1 Å². The van der Waals surface area contributed by atoms with Gasteiger partial charge < -0.3 is 24.1 Å². The highest BCUT2D eigenvalue weighted by Crippen LogP contribution is 2.33. The molecule has 2 N–H and O–H groups in total. The van der Waals surface area contributed by atoms with Gasteiger partial charge in [-0.2, -0.15) is 4.99 Å². The Bertz CT molecular complexity index is 1520. The summed E-state index contributed by atoms with van der Waals surface area (Å²) in [7, 11) is 0. The minimum Gasteiger partial charge on any atom is -0.481 e. The third-order valence-electron chi connectivity index (χ3n) is 6.87. The Labute approximate surface area is 223 Å². The van der Waals surface area contributed by atoms with Crippen LogP contribution in [0.4, 0.5) is 4.39 Å². The first kappa shape index (κ1) is 26.3. The number of nitrogens with zero attached hydrogens (tertiary/aromatic N) is 3. The number of aromatic nitrogens is 3. The molecule has 2 heterocycles.